The average molecular weight is 249 g/mol. The summed E-state index contributed by atoms with van der Waals surface area (Å²) in [4.78, 5) is 13.6. The van der Waals surface area contributed by atoms with Gasteiger partial charge in [-0.25, -0.2) is 9.78 Å². The third-order valence-corrected chi connectivity index (χ3v) is 2.13. The molecular formula is C10H10F3NO3. The van der Waals surface area contributed by atoms with Gasteiger partial charge in [-0.15, -0.1) is 0 Å². The molecule has 7 heteroatoms. The van der Waals surface area contributed by atoms with Gasteiger partial charge in [0, 0.05) is 0 Å². The first-order valence-electron chi connectivity index (χ1n) is 4.76. The standard InChI is InChI=1S/C10H10F3NO3/c1-2-7(15)5-3-6(9(16)17)14-8(4-5)10(11,12)13/h3-4,7,15H,2H2,1H3,(H,16,17). The van der Waals surface area contributed by atoms with E-state index in [-0.39, 0.29) is 12.0 Å². The molecule has 0 spiro atoms. The lowest BCUT2D eigenvalue weighted by Gasteiger charge is -2.12. The second-order valence-corrected chi connectivity index (χ2v) is 3.40. The van der Waals surface area contributed by atoms with Gasteiger partial charge < -0.3 is 10.2 Å². The van der Waals surface area contributed by atoms with Crippen LogP contribution in [0.3, 0.4) is 0 Å². The lowest BCUT2D eigenvalue weighted by molar-refractivity contribution is -0.141. The Morgan fingerprint density at radius 1 is 1.47 bits per heavy atom. The van der Waals surface area contributed by atoms with Crippen LogP contribution in [0, 0.1) is 0 Å². The molecule has 1 atom stereocenters. The van der Waals surface area contributed by atoms with Gasteiger partial charge in [-0.1, -0.05) is 6.92 Å². The summed E-state index contributed by atoms with van der Waals surface area (Å²) in [5.41, 5.74) is -2.16. The van der Waals surface area contributed by atoms with E-state index in [1.807, 2.05) is 0 Å². The fourth-order valence-corrected chi connectivity index (χ4v) is 1.23. The van der Waals surface area contributed by atoms with Gasteiger partial charge in [-0.3, -0.25) is 0 Å². The average Bonchev–Trinajstić information content (AvgIpc) is 2.26. The van der Waals surface area contributed by atoms with Crippen LogP contribution in [-0.4, -0.2) is 21.2 Å². The molecule has 0 amide bonds. The van der Waals surface area contributed by atoms with Crippen molar-refractivity contribution < 1.29 is 28.2 Å². The lowest BCUT2D eigenvalue weighted by atomic mass is 10.1. The molecule has 4 nitrogen and oxygen atoms in total. The number of alkyl halides is 3. The van der Waals surface area contributed by atoms with E-state index in [4.69, 9.17) is 5.11 Å². The summed E-state index contributed by atoms with van der Waals surface area (Å²) in [6.45, 7) is 1.57. The van der Waals surface area contributed by atoms with Crippen molar-refractivity contribution in [2.75, 3.05) is 0 Å². The number of aliphatic hydroxyl groups is 1. The van der Waals surface area contributed by atoms with Crippen molar-refractivity contribution in [2.45, 2.75) is 25.6 Å². The Morgan fingerprint density at radius 2 is 2.06 bits per heavy atom. The van der Waals surface area contributed by atoms with Gasteiger partial charge in [0.1, 0.15) is 11.4 Å². The lowest BCUT2D eigenvalue weighted by Crippen LogP contribution is -2.14. The van der Waals surface area contributed by atoms with Crippen molar-refractivity contribution in [3.8, 4) is 0 Å². The Labute approximate surface area is 94.7 Å². The number of halogens is 3. The highest BCUT2D eigenvalue weighted by molar-refractivity contribution is 5.85. The molecule has 0 aliphatic carbocycles. The van der Waals surface area contributed by atoms with Gasteiger partial charge in [0.25, 0.3) is 0 Å². The predicted octanol–water partition coefficient (Wildman–Crippen LogP) is 2.24. The highest BCUT2D eigenvalue weighted by Crippen LogP contribution is 2.30. The number of aromatic nitrogens is 1. The maximum Gasteiger partial charge on any atom is 0.433 e. The summed E-state index contributed by atoms with van der Waals surface area (Å²) in [5, 5.41) is 18.1. The number of carbonyl (C=O) groups is 1. The van der Waals surface area contributed by atoms with Gasteiger partial charge in [-0.2, -0.15) is 13.2 Å². The number of aliphatic hydroxyl groups excluding tert-OH is 1. The van der Waals surface area contributed by atoms with Crippen molar-refractivity contribution in [1.82, 2.24) is 4.98 Å². The van der Waals surface area contributed by atoms with Crippen LogP contribution in [-0.2, 0) is 6.18 Å². The minimum atomic E-state index is -4.74. The smallest absolute Gasteiger partial charge is 0.433 e. The molecule has 1 aromatic heterocycles. The molecule has 0 fully saturated rings. The number of nitrogens with zero attached hydrogens (tertiary/aromatic N) is 1. The predicted molar refractivity (Wildman–Crippen MR) is 51.4 cm³/mol. The fraction of sp³-hybridized carbons (Fsp3) is 0.400. The number of rotatable bonds is 3. The molecule has 1 rings (SSSR count). The number of hydrogen-bond donors (Lipinski definition) is 2. The van der Waals surface area contributed by atoms with Crippen LogP contribution in [0.2, 0.25) is 0 Å². The molecule has 2 N–H and O–H groups in total. The van der Waals surface area contributed by atoms with Crippen LogP contribution in [0.5, 0.6) is 0 Å². The van der Waals surface area contributed by atoms with Gasteiger partial charge in [0.2, 0.25) is 0 Å². The summed E-state index contributed by atoms with van der Waals surface area (Å²) < 4.78 is 37.3. The van der Waals surface area contributed by atoms with Crippen molar-refractivity contribution in [3.05, 3.63) is 29.1 Å². The minimum absolute atomic E-state index is 0.104. The van der Waals surface area contributed by atoms with Gasteiger partial charge in [0.05, 0.1) is 6.10 Å². The maximum atomic E-state index is 12.4. The van der Waals surface area contributed by atoms with Crippen molar-refractivity contribution in [2.24, 2.45) is 0 Å². The molecule has 1 heterocycles. The van der Waals surface area contributed by atoms with Crippen LogP contribution >= 0.6 is 0 Å². The number of aromatic carboxylic acids is 1. The second-order valence-electron chi connectivity index (χ2n) is 3.40. The molecule has 0 saturated heterocycles. The molecule has 0 aliphatic rings. The summed E-state index contributed by atoms with van der Waals surface area (Å²) in [7, 11) is 0. The van der Waals surface area contributed by atoms with Gasteiger partial charge >= 0.3 is 12.1 Å². The van der Waals surface area contributed by atoms with E-state index < -0.39 is 29.6 Å². The van der Waals surface area contributed by atoms with Crippen molar-refractivity contribution in [3.63, 3.8) is 0 Å². The summed E-state index contributed by atoms with van der Waals surface area (Å²) in [6, 6.07) is 1.59. The summed E-state index contributed by atoms with van der Waals surface area (Å²) in [6.07, 6.45) is -5.70. The Bertz CT molecular complexity index is 431. The Balaban J connectivity index is 3.34. The number of carboxylic acid groups (broad SMARTS) is 1. The zero-order valence-electron chi connectivity index (χ0n) is 8.82. The normalized spacial score (nSPS) is 13.5. The van der Waals surface area contributed by atoms with E-state index in [0.29, 0.717) is 6.07 Å². The Kier molecular flexibility index (Phi) is 3.72. The van der Waals surface area contributed by atoms with Crippen LogP contribution in [0.1, 0.15) is 41.2 Å². The molecule has 1 unspecified atom stereocenters. The van der Waals surface area contributed by atoms with Gasteiger partial charge in [0.15, 0.2) is 0 Å². The third kappa shape index (κ3) is 3.16. The van der Waals surface area contributed by atoms with Crippen molar-refractivity contribution >= 4 is 5.97 Å². The molecule has 0 saturated carbocycles. The monoisotopic (exact) mass is 249 g/mol. The zero-order chi connectivity index (χ0) is 13.2. The SMILES string of the molecule is CCC(O)c1cc(C(=O)O)nc(C(F)(F)F)c1. The number of pyridine rings is 1. The number of carboxylic acids is 1. The number of hydrogen-bond acceptors (Lipinski definition) is 3. The van der Waals surface area contributed by atoms with E-state index in [1.165, 1.54) is 0 Å². The molecule has 0 aliphatic heterocycles. The molecule has 0 aromatic carbocycles. The maximum absolute atomic E-state index is 12.4. The van der Waals surface area contributed by atoms with E-state index >= 15 is 0 Å². The quantitative estimate of drug-likeness (QED) is 0.861. The van der Waals surface area contributed by atoms with Gasteiger partial charge in [-0.05, 0) is 24.1 Å². The van der Waals surface area contributed by atoms with Crippen LogP contribution in [0.4, 0.5) is 13.2 Å². The third-order valence-electron chi connectivity index (χ3n) is 2.13. The molecular weight excluding hydrogens is 239 g/mol. The van der Waals surface area contributed by atoms with E-state index in [9.17, 15) is 23.1 Å². The second kappa shape index (κ2) is 4.70. The van der Waals surface area contributed by atoms with Crippen LogP contribution < -0.4 is 0 Å². The fourth-order valence-electron chi connectivity index (χ4n) is 1.23. The summed E-state index contributed by atoms with van der Waals surface area (Å²) in [5.74, 6) is -1.57. The van der Waals surface area contributed by atoms with Crippen LogP contribution in [0.25, 0.3) is 0 Å². The zero-order valence-corrected chi connectivity index (χ0v) is 8.82. The Morgan fingerprint density at radius 3 is 2.47 bits per heavy atom. The van der Waals surface area contributed by atoms with E-state index in [0.717, 1.165) is 6.07 Å². The van der Waals surface area contributed by atoms with Crippen LogP contribution in [0.15, 0.2) is 12.1 Å². The van der Waals surface area contributed by atoms with Crippen molar-refractivity contribution in [1.29, 1.82) is 0 Å². The minimum Gasteiger partial charge on any atom is -0.477 e. The van der Waals surface area contributed by atoms with E-state index in [1.54, 1.807) is 6.92 Å². The highest BCUT2D eigenvalue weighted by atomic mass is 19.4. The molecule has 17 heavy (non-hydrogen) atoms. The molecule has 0 bridgehead atoms. The first-order chi connectivity index (χ1) is 7.75. The first-order valence-corrected chi connectivity index (χ1v) is 4.76. The molecule has 1 aromatic rings. The Hall–Kier alpha value is -1.63. The molecule has 0 radical (unpaired) electrons. The summed E-state index contributed by atoms with van der Waals surface area (Å²) >= 11 is 0. The molecule has 94 valence electrons. The van der Waals surface area contributed by atoms with E-state index in [2.05, 4.69) is 4.98 Å². The topological polar surface area (TPSA) is 70.4 Å². The largest absolute Gasteiger partial charge is 0.477 e. The first kappa shape index (κ1) is 13.4. The highest BCUT2D eigenvalue weighted by Gasteiger charge is 2.34.